The van der Waals surface area contributed by atoms with E-state index < -0.39 is 0 Å². The zero-order chi connectivity index (χ0) is 17.9. The molecular weight excluding hydrogens is 318 g/mol. The number of para-hydroxylation sites is 1. The fourth-order valence-corrected chi connectivity index (χ4v) is 3.54. The predicted molar refractivity (Wildman–Crippen MR) is 96.7 cm³/mol. The van der Waals surface area contributed by atoms with Crippen molar-refractivity contribution in [2.24, 2.45) is 0 Å². The van der Waals surface area contributed by atoms with Crippen LogP contribution in [0.15, 0.2) is 24.3 Å². The largest absolute Gasteiger partial charge is 0.379 e. The highest BCUT2D eigenvalue weighted by atomic mass is 16.5. The standard InChI is InChI=1S/C19H27N3O3/c1-19(2)13-18(24)22(16-6-4-3-5-15(16)19)14-17(23)20-7-8-21-9-11-25-12-10-21/h3-6H,7-14H2,1-2H3,(H,20,23). The minimum Gasteiger partial charge on any atom is -0.379 e. The third kappa shape index (κ3) is 4.19. The fourth-order valence-electron chi connectivity index (χ4n) is 3.54. The molecule has 25 heavy (non-hydrogen) atoms. The van der Waals surface area contributed by atoms with E-state index in [1.807, 2.05) is 24.3 Å². The van der Waals surface area contributed by atoms with Crippen molar-refractivity contribution in [1.82, 2.24) is 10.2 Å². The summed E-state index contributed by atoms with van der Waals surface area (Å²) < 4.78 is 5.32. The van der Waals surface area contributed by atoms with Crippen LogP contribution < -0.4 is 10.2 Å². The van der Waals surface area contributed by atoms with Crippen LogP contribution in [-0.4, -0.2) is 62.7 Å². The molecule has 6 heteroatoms. The monoisotopic (exact) mass is 345 g/mol. The normalized spacial score (nSPS) is 20.2. The van der Waals surface area contributed by atoms with E-state index in [-0.39, 0.29) is 23.8 Å². The molecule has 0 aliphatic carbocycles. The lowest BCUT2D eigenvalue weighted by molar-refractivity contribution is -0.124. The number of amides is 2. The summed E-state index contributed by atoms with van der Waals surface area (Å²) in [6, 6.07) is 7.87. The number of carbonyl (C=O) groups excluding carboxylic acids is 2. The molecular formula is C19H27N3O3. The lowest BCUT2D eigenvalue weighted by atomic mass is 9.77. The molecule has 2 heterocycles. The highest BCUT2D eigenvalue weighted by molar-refractivity contribution is 6.02. The Kier molecular flexibility index (Phi) is 5.39. The highest BCUT2D eigenvalue weighted by Crippen LogP contribution is 2.39. The van der Waals surface area contributed by atoms with Gasteiger partial charge >= 0.3 is 0 Å². The molecule has 0 aromatic heterocycles. The number of hydrogen-bond donors (Lipinski definition) is 1. The van der Waals surface area contributed by atoms with E-state index in [2.05, 4.69) is 24.1 Å². The van der Waals surface area contributed by atoms with Gasteiger partial charge in [-0.25, -0.2) is 0 Å². The maximum absolute atomic E-state index is 12.6. The molecule has 0 radical (unpaired) electrons. The highest BCUT2D eigenvalue weighted by Gasteiger charge is 2.36. The molecule has 3 rings (SSSR count). The Morgan fingerprint density at radius 2 is 1.96 bits per heavy atom. The second kappa shape index (κ2) is 7.54. The molecule has 136 valence electrons. The van der Waals surface area contributed by atoms with E-state index in [1.165, 1.54) is 0 Å². The van der Waals surface area contributed by atoms with Crippen LogP contribution in [0.25, 0.3) is 0 Å². The SMILES string of the molecule is CC1(C)CC(=O)N(CC(=O)NCCN2CCOCC2)c2ccccc21. The molecule has 0 atom stereocenters. The lowest BCUT2D eigenvalue weighted by Crippen LogP contribution is -2.48. The summed E-state index contributed by atoms with van der Waals surface area (Å²) in [6.45, 7) is 8.94. The molecule has 0 unspecified atom stereocenters. The Labute approximate surface area is 149 Å². The van der Waals surface area contributed by atoms with E-state index in [0.717, 1.165) is 44.1 Å². The van der Waals surface area contributed by atoms with Gasteiger partial charge in [0.25, 0.3) is 0 Å². The molecule has 1 saturated heterocycles. The Hall–Kier alpha value is -1.92. The van der Waals surface area contributed by atoms with Gasteiger partial charge in [-0.05, 0) is 11.6 Å². The van der Waals surface area contributed by atoms with Crippen LogP contribution in [0.1, 0.15) is 25.8 Å². The topological polar surface area (TPSA) is 61.9 Å². The quantitative estimate of drug-likeness (QED) is 0.870. The summed E-state index contributed by atoms with van der Waals surface area (Å²) in [5.41, 5.74) is 1.78. The van der Waals surface area contributed by atoms with Gasteiger partial charge in [-0.1, -0.05) is 32.0 Å². The maximum Gasteiger partial charge on any atom is 0.240 e. The molecule has 1 N–H and O–H groups in total. The number of rotatable bonds is 5. The number of carbonyl (C=O) groups is 2. The summed E-state index contributed by atoms with van der Waals surface area (Å²) in [5.74, 6) is -0.108. The first-order valence-electron chi connectivity index (χ1n) is 8.94. The van der Waals surface area contributed by atoms with Gasteiger partial charge in [0, 0.05) is 43.7 Å². The van der Waals surface area contributed by atoms with Crippen LogP contribution in [0, 0.1) is 0 Å². The first-order chi connectivity index (χ1) is 12.0. The maximum atomic E-state index is 12.6. The second-order valence-corrected chi connectivity index (χ2v) is 7.36. The third-order valence-electron chi connectivity index (χ3n) is 4.97. The van der Waals surface area contributed by atoms with Crippen molar-refractivity contribution in [1.29, 1.82) is 0 Å². The lowest BCUT2D eigenvalue weighted by Gasteiger charge is -2.38. The molecule has 0 bridgehead atoms. The van der Waals surface area contributed by atoms with Crippen molar-refractivity contribution in [3.05, 3.63) is 29.8 Å². The van der Waals surface area contributed by atoms with Gasteiger partial charge in [-0.3, -0.25) is 14.5 Å². The van der Waals surface area contributed by atoms with Gasteiger partial charge in [-0.15, -0.1) is 0 Å². The zero-order valence-corrected chi connectivity index (χ0v) is 15.1. The van der Waals surface area contributed by atoms with E-state index in [1.54, 1.807) is 4.90 Å². The summed E-state index contributed by atoms with van der Waals surface area (Å²) in [7, 11) is 0. The fraction of sp³-hybridized carbons (Fsp3) is 0.579. The number of anilines is 1. The second-order valence-electron chi connectivity index (χ2n) is 7.36. The van der Waals surface area contributed by atoms with Gasteiger partial charge in [0.15, 0.2) is 0 Å². The van der Waals surface area contributed by atoms with Crippen molar-refractivity contribution in [3.63, 3.8) is 0 Å². The predicted octanol–water partition coefficient (Wildman–Crippen LogP) is 1.15. The van der Waals surface area contributed by atoms with E-state index in [0.29, 0.717) is 13.0 Å². The Balaban J connectivity index is 1.58. The molecule has 0 saturated carbocycles. The van der Waals surface area contributed by atoms with Crippen molar-refractivity contribution in [2.75, 3.05) is 50.8 Å². The molecule has 2 aliphatic heterocycles. The van der Waals surface area contributed by atoms with Crippen LogP contribution in [-0.2, 0) is 19.7 Å². The average Bonchev–Trinajstić information content (AvgIpc) is 2.59. The summed E-state index contributed by atoms with van der Waals surface area (Å²) in [4.78, 5) is 28.8. The minimum atomic E-state index is -0.197. The van der Waals surface area contributed by atoms with E-state index in [4.69, 9.17) is 4.74 Å². The number of morpholine rings is 1. The number of benzene rings is 1. The van der Waals surface area contributed by atoms with Gasteiger partial charge in [0.2, 0.25) is 11.8 Å². The van der Waals surface area contributed by atoms with Crippen molar-refractivity contribution < 1.29 is 14.3 Å². The Bertz CT molecular complexity index is 639. The number of nitrogens with one attached hydrogen (secondary N) is 1. The van der Waals surface area contributed by atoms with Gasteiger partial charge in [0.1, 0.15) is 6.54 Å². The number of fused-ring (bicyclic) bond motifs is 1. The Morgan fingerprint density at radius 3 is 2.72 bits per heavy atom. The molecule has 1 aromatic rings. The molecule has 6 nitrogen and oxygen atoms in total. The Morgan fingerprint density at radius 1 is 1.24 bits per heavy atom. The van der Waals surface area contributed by atoms with Gasteiger partial charge < -0.3 is 15.0 Å². The molecule has 2 aliphatic rings. The summed E-state index contributed by atoms with van der Waals surface area (Å²) in [6.07, 6.45) is 0.422. The van der Waals surface area contributed by atoms with Crippen molar-refractivity contribution in [2.45, 2.75) is 25.7 Å². The first-order valence-corrected chi connectivity index (χ1v) is 8.94. The van der Waals surface area contributed by atoms with Crippen LogP contribution in [0.2, 0.25) is 0 Å². The van der Waals surface area contributed by atoms with Crippen LogP contribution in [0.5, 0.6) is 0 Å². The van der Waals surface area contributed by atoms with Gasteiger partial charge in [-0.2, -0.15) is 0 Å². The number of ether oxygens (including phenoxy) is 1. The summed E-state index contributed by atoms with van der Waals surface area (Å²) >= 11 is 0. The zero-order valence-electron chi connectivity index (χ0n) is 15.1. The molecule has 1 aromatic carbocycles. The van der Waals surface area contributed by atoms with Gasteiger partial charge in [0.05, 0.1) is 13.2 Å². The van der Waals surface area contributed by atoms with Crippen molar-refractivity contribution in [3.8, 4) is 0 Å². The number of nitrogens with zero attached hydrogens (tertiary/aromatic N) is 2. The number of hydrogen-bond acceptors (Lipinski definition) is 4. The molecule has 2 amide bonds. The minimum absolute atomic E-state index is 0.00651. The average molecular weight is 345 g/mol. The van der Waals surface area contributed by atoms with E-state index in [9.17, 15) is 9.59 Å². The molecule has 0 spiro atoms. The van der Waals surface area contributed by atoms with Crippen molar-refractivity contribution >= 4 is 17.5 Å². The third-order valence-corrected chi connectivity index (χ3v) is 4.97. The van der Waals surface area contributed by atoms with Crippen LogP contribution >= 0.6 is 0 Å². The molecule has 1 fully saturated rings. The van der Waals surface area contributed by atoms with Crippen LogP contribution in [0.4, 0.5) is 5.69 Å². The first kappa shape index (κ1) is 17.9. The summed E-state index contributed by atoms with van der Waals surface area (Å²) in [5, 5.41) is 2.93. The van der Waals surface area contributed by atoms with Crippen LogP contribution in [0.3, 0.4) is 0 Å². The van der Waals surface area contributed by atoms with E-state index >= 15 is 0 Å². The smallest absolute Gasteiger partial charge is 0.240 e.